The van der Waals surface area contributed by atoms with Crippen LogP contribution in [0.3, 0.4) is 0 Å². The van der Waals surface area contributed by atoms with E-state index in [2.05, 4.69) is 0 Å². The Kier molecular flexibility index (Phi) is 3.46. The van der Waals surface area contributed by atoms with Crippen LogP contribution in [-0.2, 0) is 14.3 Å². The van der Waals surface area contributed by atoms with Gasteiger partial charge in [-0.3, -0.25) is 9.59 Å². The third-order valence-electron chi connectivity index (χ3n) is 2.44. The molecule has 0 spiro atoms. The first-order valence-corrected chi connectivity index (χ1v) is 4.58. The van der Waals surface area contributed by atoms with Gasteiger partial charge >= 0.3 is 5.97 Å². The molecule has 0 saturated carbocycles. The second-order valence-corrected chi connectivity index (χ2v) is 3.58. The molecule has 2 atom stereocenters. The Morgan fingerprint density at radius 3 is 2.86 bits per heavy atom. The summed E-state index contributed by atoms with van der Waals surface area (Å²) in [5, 5.41) is 8.73. The standard InChI is InChI=1S/C9H15NO4/c1-6(14-2)4-10-5-7(9(12)13)3-8(10)11/h6-7H,3-5H2,1-2H3,(H,12,13). The van der Waals surface area contributed by atoms with E-state index in [4.69, 9.17) is 9.84 Å². The van der Waals surface area contributed by atoms with Gasteiger partial charge in [0.2, 0.25) is 5.91 Å². The number of carbonyl (C=O) groups is 2. The van der Waals surface area contributed by atoms with Crippen molar-refractivity contribution >= 4 is 11.9 Å². The van der Waals surface area contributed by atoms with Gasteiger partial charge in [0.05, 0.1) is 12.0 Å². The number of methoxy groups -OCH3 is 1. The van der Waals surface area contributed by atoms with Gasteiger partial charge in [0.15, 0.2) is 0 Å². The Labute approximate surface area is 82.6 Å². The van der Waals surface area contributed by atoms with Crippen molar-refractivity contribution in [1.82, 2.24) is 4.90 Å². The summed E-state index contributed by atoms with van der Waals surface area (Å²) in [6.07, 6.45) is 0.0673. The highest BCUT2D eigenvalue weighted by atomic mass is 16.5. The summed E-state index contributed by atoms with van der Waals surface area (Å²) in [7, 11) is 1.57. The van der Waals surface area contributed by atoms with Crippen molar-refractivity contribution in [3.05, 3.63) is 0 Å². The third-order valence-corrected chi connectivity index (χ3v) is 2.44. The average molecular weight is 201 g/mol. The van der Waals surface area contributed by atoms with Crippen LogP contribution in [0, 0.1) is 5.92 Å². The monoisotopic (exact) mass is 201 g/mol. The first-order chi connectivity index (χ1) is 6.54. The lowest BCUT2D eigenvalue weighted by Crippen LogP contribution is -2.33. The van der Waals surface area contributed by atoms with Crippen LogP contribution in [0.15, 0.2) is 0 Å². The summed E-state index contributed by atoms with van der Waals surface area (Å²) >= 11 is 0. The molecule has 1 aliphatic rings. The first-order valence-electron chi connectivity index (χ1n) is 4.58. The number of carboxylic acid groups (broad SMARTS) is 1. The molecule has 5 heteroatoms. The minimum absolute atomic E-state index is 0.0495. The highest BCUT2D eigenvalue weighted by Crippen LogP contribution is 2.18. The lowest BCUT2D eigenvalue weighted by molar-refractivity contribution is -0.141. The van der Waals surface area contributed by atoms with Crippen molar-refractivity contribution in [3.63, 3.8) is 0 Å². The van der Waals surface area contributed by atoms with E-state index in [0.717, 1.165) is 0 Å². The lowest BCUT2D eigenvalue weighted by Gasteiger charge is -2.19. The predicted octanol–water partition coefficient (Wildman–Crippen LogP) is -0.0456. The number of hydrogen-bond donors (Lipinski definition) is 1. The quantitative estimate of drug-likeness (QED) is 0.692. The molecule has 5 nitrogen and oxygen atoms in total. The molecule has 0 aromatic heterocycles. The minimum Gasteiger partial charge on any atom is -0.481 e. The summed E-state index contributed by atoms with van der Waals surface area (Å²) in [5.41, 5.74) is 0. The van der Waals surface area contributed by atoms with Crippen LogP contribution in [0.5, 0.6) is 0 Å². The van der Waals surface area contributed by atoms with Crippen LogP contribution >= 0.6 is 0 Å². The van der Waals surface area contributed by atoms with Crippen molar-refractivity contribution in [3.8, 4) is 0 Å². The van der Waals surface area contributed by atoms with Gasteiger partial charge in [-0.2, -0.15) is 0 Å². The highest BCUT2D eigenvalue weighted by Gasteiger charge is 2.34. The number of aliphatic carboxylic acids is 1. The molecular weight excluding hydrogens is 186 g/mol. The largest absolute Gasteiger partial charge is 0.481 e. The zero-order valence-electron chi connectivity index (χ0n) is 8.40. The molecule has 1 amide bonds. The zero-order valence-corrected chi connectivity index (χ0v) is 8.40. The number of ether oxygens (including phenoxy) is 1. The molecule has 1 aliphatic heterocycles. The molecule has 2 unspecified atom stereocenters. The van der Waals surface area contributed by atoms with E-state index in [1.807, 2.05) is 6.92 Å². The summed E-state index contributed by atoms with van der Waals surface area (Å²) in [6.45, 7) is 2.63. The van der Waals surface area contributed by atoms with Crippen LogP contribution in [0.2, 0.25) is 0 Å². The van der Waals surface area contributed by atoms with Gasteiger partial charge in [0.25, 0.3) is 0 Å². The molecule has 1 N–H and O–H groups in total. The van der Waals surface area contributed by atoms with Gasteiger partial charge in [0, 0.05) is 26.6 Å². The van der Waals surface area contributed by atoms with Crippen molar-refractivity contribution < 1.29 is 19.4 Å². The molecule has 1 rings (SSSR count). The summed E-state index contributed by atoms with van der Waals surface area (Å²) in [4.78, 5) is 23.5. The zero-order chi connectivity index (χ0) is 10.7. The van der Waals surface area contributed by atoms with Crippen molar-refractivity contribution in [1.29, 1.82) is 0 Å². The second-order valence-electron chi connectivity index (χ2n) is 3.58. The summed E-state index contributed by atoms with van der Waals surface area (Å²) < 4.78 is 5.01. The average Bonchev–Trinajstić information content (AvgIpc) is 2.48. The lowest BCUT2D eigenvalue weighted by atomic mass is 10.1. The van der Waals surface area contributed by atoms with Gasteiger partial charge in [-0.15, -0.1) is 0 Å². The van der Waals surface area contributed by atoms with E-state index < -0.39 is 11.9 Å². The number of carboxylic acids is 1. The molecule has 80 valence electrons. The fourth-order valence-corrected chi connectivity index (χ4v) is 1.50. The van der Waals surface area contributed by atoms with Crippen molar-refractivity contribution in [2.75, 3.05) is 20.2 Å². The van der Waals surface area contributed by atoms with Crippen molar-refractivity contribution in [2.45, 2.75) is 19.4 Å². The van der Waals surface area contributed by atoms with Crippen molar-refractivity contribution in [2.24, 2.45) is 5.92 Å². The number of nitrogens with zero attached hydrogens (tertiary/aromatic N) is 1. The Bertz CT molecular complexity index is 241. The SMILES string of the molecule is COC(C)CN1CC(C(=O)O)CC1=O. The van der Waals surface area contributed by atoms with Gasteiger partial charge in [0.1, 0.15) is 0 Å². The molecule has 0 aromatic rings. The smallest absolute Gasteiger partial charge is 0.308 e. The molecular formula is C9H15NO4. The van der Waals surface area contributed by atoms with Gasteiger partial charge in [-0.25, -0.2) is 0 Å². The molecule has 1 heterocycles. The van der Waals surface area contributed by atoms with E-state index in [1.165, 1.54) is 0 Å². The van der Waals surface area contributed by atoms with Gasteiger partial charge in [-0.05, 0) is 6.92 Å². The van der Waals surface area contributed by atoms with Crippen LogP contribution in [0.1, 0.15) is 13.3 Å². The van der Waals surface area contributed by atoms with Crippen LogP contribution < -0.4 is 0 Å². The third kappa shape index (κ3) is 2.45. The topological polar surface area (TPSA) is 66.8 Å². The Balaban J connectivity index is 2.48. The number of amides is 1. The number of hydrogen-bond acceptors (Lipinski definition) is 3. The number of rotatable bonds is 4. The first kappa shape index (κ1) is 11.0. The Hall–Kier alpha value is -1.10. The molecule has 0 radical (unpaired) electrons. The maximum Gasteiger partial charge on any atom is 0.308 e. The van der Waals surface area contributed by atoms with E-state index in [1.54, 1.807) is 12.0 Å². The summed E-state index contributed by atoms with van der Waals surface area (Å²) in [6, 6.07) is 0. The molecule has 0 aliphatic carbocycles. The normalized spacial score (nSPS) is 24.0. The molecule has 1 saturated heterocycles. The molecule has 0 bridgehead atoms. The van der Waals surface area contributed by atoms with Gasteiger partial charge < -0.3 is 14.7 Å². The van der Waals surface area contributed by atoms with E-state index >= 15 is 0 Å². The van der Waals surface area contributed by atoms with Crippen LogP contribution in [0.4, 0.5) is 0 Å². The fourth-order valence-electron chi connectivity index (χ4n) is 1.50. The fraction of sp³-hybridized carbons (Fsp3) is 0.778. The highest BCUT2D eigenvalue weighted by molar-refractivity contribution is 5.86. The predicted molar refractivity (Wildman–Crippen MR) is 48.8 cm³/mol. The molecule has 0 aromatic carbocycles. The van der Waals surface area contributed by atoms with Crippen LogP contribution in [0.25, 0.3) is 0 Å². The molecule has 14 heavy (non-hydrogen) atoms. The number of likely N-dealkylation sites (tertiary alicyclic amines) is 1. The maximum absolute atomic E-state index is 11.3. The van der Waals surface area contributed by atoms with Gasteiger partial charge in [-0.1, -0.05) is 0 Å². The number of carbonyl (C=O) groups excluding carboxylic acids is 1. The maximum atomic E-state index is 11.3. The minimum atomic E-state index is -0.897. The molecule has 1 fully saturated rings. The Morgan fingerprint density at radius 1 is 1.79 bits per heavy atom. The Morgan fingerprint density at radius 2 is 2.43 bits per heavy atom. The van der Waals surface area contributed by atoms with E-state index in [9.17, 15) is 9.59 Å². The summed E-state index contributed by atoms with van der Waals surface area (Å²) in [5.74, 6) is -1.54. The second kappa shape index (κ2) is 4.41. The van der Waals surface area contributed by atoms with Crippen LogP contribution in [-0.4, -0.2) is 48.2 Å². The van der Waals surface area contributed by atoms with E-state index in [0.29, 0.717) is 13.1 Å². The van der Waals surface area contributed by atoms with E-state index in [-0.39, 0.29) is 18.4 Å².